The second-order valence-electron chi connectivity index (χ2n) is 4.29. The highest BCUT2D eigenvalue weighted by Gasteiger charge is 2.01. The molecule has 0 heterocycles. The summed E-state index contributed by atoms with van der Waals surface area (Å²) in [6.07, 6.45) is 1.05. The van der Waals surface area contributed by atoms with Gasteiger partial charge in [-0.05, 0) is 51.3 Å². The van der Waals surface area contributed by atoms with Crippen LogP contribution in [0.15, 0.2) is 22.7 Å². The second-order valence-corrected chi connectivity index (χ2v) is 5.14. The van der Waals surface area contributed by atoms with Gasteiger partial charge in [-0.3, -0.25) is 0 Å². The van der Waals surface area contributed by atoms with Crippen LogP contribution in [0, 0.1) is 0 Å². The molecule has 0 aliphatic heterocycles. The van der Waals surface area contributed by atoms with Crippen LogP contribution in [0.25, 0.3) is 0 Å². The molecule has 0 fully saturated rings. The van der Waals surface area contributed by atoms with Gasteiger partial charge in [-0.15, -0.1) is 0 Å². The van der Waals surface area contributed by atoms with Crippen molar-refractivity contribution in [2.75, 3.05) is 34.3 Å². The van der Waals surface area contributed by atoms with E-state index >= 15 is 0 Å². The summed E-state index contributed by atoms with van der Waals surface area (Å²) < 4.78 is 6.84. The highest BCUT2D eigenvalue weighted by atomic mass is 79.9. The molecular formula is C13H21BrN2O. The summed E-state index contributed by atoms with van der Waals surface area (Å²) >= 11 is 3.53. The van der Waals surface area contributed by atoms with Crippen molar-refractivity contribution in [2.45, 2.75) is 13.0 Å². The molecule has 17 heavy (non-hydrogen) atoms. The zero-order valence-electron chi connectivity index (χ0n) is 10.8. The number of hydrogen-bond acceptors (Lipinski definition) is 3. The van der Waals surface area contributed by atoms with Gasteiger partial charge in [-0.2, -0.15) is 0 Å². The van der Waals surface area contributed by atoms with Gasteiger partial charge in [0, 0.05) is 17.6 Å². The van der Waals surface area contributed by atoms with Gasteiger partial charge in [-0.25, -0.2) is 0 Å². The van der Waals surface area contributed by atoms with Crippen molar-refractivity contribution in [3.05, 3.63) is 28.2 Å². The molecule has 0 unspecified atom stereocenters. The molecule has 0 saturated carbocycles. The Hall–Kier alpha value is -0.580. The van der Waals surface area contributed by atoms with Crippen molar-refractivity contribution >= 4 is 15.9 Å². The fourth-order valence-corrected chi connectivity index (χ4v) is 1.92. The largest absolute Gasteiger partial charge is 0.494 e. The van der Waals surface area contributed by atoms with Crippen molar-refractivity contribution in [1.29, 1.82) is 0 Å². The fraction of sp³-hybridized carbons (Fsp3) is 0.538. The Morgan fingerprint density at radius 2 is 2.12 bits per heavy atom. The van der Waals surface area contributed by atoms with Gasteiger partial charge in [0.25, 0.3) is 0 Å². The highest BCUT2D eigenvalue weighted by Crippen LogP contribution is 2.22. The third-order valence-corrected chi connectivity index (χ3v) is 3.18. The average molecular weight is 301 g/mol. The molecule has 0 aromatic heterocycles. The number of hydrogen-bond donors (Lipinski definition) is 1. The molecule has 0 saturated heterocycles. The third kappa shape index (κ3) is 5.52. The van der Waals surface area contributed by atoms with Crippen molar-refractivity contribution in [3.63, 3.8) is 0 Å². The minimum Gasteiger partial charge on any atom is -0.494 e. The Bertz CT molecular complexity index is 342. The van der Waals surface area contributed by atoms with Crippen LogP contribution in [0.3, 0.4) is 0 Å². The minimum atomic E-state index is 0.763. The maximum atomic E-state index is 5.72. The zero-order valence-corrected chi connectivity index (χ0v) is 12.4. The van der Waals surface area contributed by atoms with Crippen molar-refractivity contribution < 1.29 is 4.74 Å². The van der Waals surface area contributed by atoms with E-state index in [-0.39, 0.29) is 0 Å². The second kappa shape index (κ2) is 7.69. The summed E-state index contributed by atoms with van der Waals surface area (Å²) in [4.78, 5) is 2.16. The fourth-order valence-electron chi connectivity index (χ4n) is 1.54. The van der Waals surface area contributed by atoms with E-state index in [1.54, 1.807) is 0 Å². The van der Waals surface area contributed by atoms with E-state index in [2.05, 4.69) is 46.3 Å². The highest BCUT2D eigenvalue weighted by molar-refractivity contribution is 9.10. The lowest BCUT2D eigenvalue weighted by Gasteiger charge is -2.11. The first kappa shape index (κ1) is 14.5. The summed E-state index contributed by atoms with van der Waals surface area (Å²) in [6.45, 7) is 2.66. The molecule has 0 aliphatic carbocycles. The molecule has 3 nitrogen and oxygen atoms in total. The van der Waals surface area contributed by atoms with E-state index in [0.717, 1.165) is 36.3 Å². The zero-order chi connectivity index (χ0) is 12.7. The van der Waals surface area contributed by atoms with Crippen LogP contribution in [0.5, 0.6) is 5.75 Å². The number of benzene rings is 1. The lowest BCUT2D eigenvalue weighted by molar-refractivity contribution is 0.281. The van der Waals surface area contributed by atoms with Gasteiger partial charge in [0.15, 0.2) is 0 Å². The SMILES string of the molecule is CNCc1cc(OCCCN(C)C)ccc1Br. The van der Waals surface area contributed by atoms with Crippen LogP contribution in [0.1, 0.15) is 12.0 Å². The van der Waals surface area contributed by atoms with Crippen molar-refractivity contribution in [1.82, 2.24) is 10.2 Å². The Labute approximate surface area is 112 Å². The molecule has 4 heteroatoms. The van der Waals surface area contributed by atoms with Crippen LogP contribution in [0.2, 0.25) is 0 Å². The van der Waals surface area contributed by atoms with Crippen molar-refractivity contribution in [2.24, 2.45) is 0 Å². The molecule has 0 radical (unpaired) electrons. The number of ether oxygens (including phenoxy) is 1. The van der Waals surface area contributed by atoms with Gasteiger partial charge >= 0.3 is 0 Å². The lowest BCUT2D eigenvalue weighted by atomic mass is 10.2. The molecule has 0 bridgehead atoms. The molecular weight excluding hydrogens is 280 g/mol. The van der Waals surface area contributed by atoms with Crippen molar-refractivity contribution in [3.8, 4) is 5.75 Å². The van der Waals surface area contributed by atoms with Gasteiger partial charge in [0.05, 0.1) is 6.61 Å². The third-order valence-electron chi connectivity index (χ3n) is 2.40. The van der Waals surface area contributed by atoms with Gasteiger partial charge < -0.3 is 15.0 Å². The first-order valence-corrected chi connectivity index (χ1v) is 6.63. The monoisotopic (exact) mass is 300 g/mol. The summed E-state index contributed by atoms with van der Waals surface area (Å²) in [7, 11) is 6.09. The standard InChI is InChI=1S/C13H21BrN2O/c1-15-10-11-9-12(5-6-13(11)14)17-8-4-7-16(2)3/h5-6,9,15H,4,7-8,10H2,1-3H3. The van der Waals surface area contributed by atoms with E-state index < -0.39 is 0 Å². The van der Waals surface area contributed by atoms with E-state index in [0.29, 0.717) is 0 Å². The Morgan fingerprint density at radius 1 is 1.35 bits per heavy atom. The number of nitrogens with one attached hydrogen (secondary N) is 1. The summed E-state index contributed by atoms with van der Waals surface area (Å²) in [5.74, 6) is 0.942. The summed E-state index contributed by atoms with van der Waals surface area (Å²) in [5, 5.41) is 3.14. The molecule has 0 atom stereocenters. The maximum absolute atomic E-state index is 5.72. The van der Waals surface area contributed by atoms with Crippen LogP contribution in [-0.4, -0.2) is 39.2 Å². The van der Waals surface area contributed by atoms with Crippen LogP contribution in [-0.2, 0) is 6.54 Å². The van der Waals surface area contributed by atoms with Crippen LogP contribution < -0.4 is 10.1 Å². The smallest absolute Gasteiger partial charge is 0.119 e. The first-order valence-electron chi connectivity index (χ1n) is 5.84. The van der Waals surface area contributed by atoms with E-state index in [9.17, 15) is 0 Å². The predicted molar refractivity (Wildman–Crippen MR) is 75.6 cm³/mol. The lowest BCUT2D eigenvalue weighted by Crippen LogP contribution is -2.15. The molecule has 1 aromatic rings. The van der Waals surface area contributed by atoms with E-state index in [1.807, 2.05) is 19.2 Å². The topological polar surface area (TPSA) is 24.5 Å². The minimum absolute atomic E-state index is 0.763. The Balaban J connectivity index is 2.45. The van der Waals surface area contributed by atoms with E-state index in [1.165, 1.54) is 5.56 Å². The van der Waals surface area contributed by atoms with E-state index in [4.69, 9.17) is 4.74 Å². The van der Waals surface area contributed by atoms with Gasteiger partial charge in [0.1, 0.15) is 5.75 Å². The Morgan fingerprint density at radius 3 is 2.76 bits per heavy atom. The quantitative estimate of drug-likeness (QED) is 0.783. The van der Waals surface area contributed by atoms with Gasteiger partial charge in [0.2, 0.25) is 0 Å². The molecule has 96 valence electrons. The van der Waals surface area contributed by atoms with Gasteiger partial charge in [-0.1, -0.05) is 15.9 Å². The van der Waals surface area contributed by atoms with Crippen LogP contribution >= 0.6 is 15.9 Å². The number of nitrogens with zero attached hydrogens (tertiary/aromatic N) is 1. The molecule has 1 rings (SSSR count). The number of halogens is 1. The predicted octanol–water partition coefficient (Wildman–Crippen LogP) is 2.50. The molecule has 1 N–H and O–H groups in total. The summed E-state index contributed by atoms with van der Waals surface area (Å²) in [5.41, 5.74) is 1.22. The average Bonchev–Trinajstić information content (AvgIpc) is 2.28. The first-order chi connectivity index (χ1) is 8.13. The molecule has 0 aliphatic rings. The molecule has 1 aromatic carbocycles. The summed E-state index contributed by atoms with van der Waals surface area (Å²) in [6, 6.07) is 6.11. The number of rotatable bonds is 7. The molecule has 0 spiro atoms. The molecule has 0 amide bonds. The normalized spacial score (nSPS) is 10.9. The maximum Gasteiger partial charge on any atom is 0.119 e. The Kier molecular flexibility index (Phi) is 6.55. The van der Waals surface area contributed by atoms with Crippen LogP contribution in [0.4, 0.5) is 0 Å².